The Balaban J connectivity index is 1.15. The molecule has 5 rings (SSSR count). The lowest BCUT2D eigenvalue weighted by molar-refractivity contribution is -0.127. The van der Waals surface area contributed by atoms with Crippen molar-refractivity contribution in [3.8, 4) is 22.9 Å². The molecule has 2 aliphatic heterocycles. The Morgan fingerprint density at radius 3 is 2.63 bits per heavy atom. The van der Waals surface area contributed by atoms with Crippen molar-refractivity contribution in [1.82, 2.24) is 20.4 Å². The lowest BCUT2D eigenvalue weighted by Gasteiger charge is -2.39. The van der Waals surface area contributed by atoms with E-state index in [1.54, 1.807) is 7.11 Å². The minimum Gasteiger partial charge on any atom is -0.497 e. The smallest absolute Gasteiger partial charge is 0.241 e. The number of hydrogen-bond acceptors (Lipinski definition) is 7. The highest BCUT2D eigenvalue weighted by Gasteiger charge is 2.36. The van der Waals surface area contributed by atoms with Gasteiger partial charge < -0.3 is 19.3 Å². The maximum Gasteiger partial charge on any atom is 0.241 e. The molecule has 35 heavy (non-hydrogen) atoms. The number of hydrogen-bond donors (Lipinski definition) is 1. The quantitative estimate of drug-likeness (QED) is 0.565. The minimum atomic E-state index is -0.315. The maximum atomic E-state index is 13.1. The molecule has 3 heterocycles. The van der Waals surface area contributed by atoms with Crippen molar-refractivity contribution in [3.63, 3.8) is 0 Å². The highest BCUT2D eigenvalue weighted by atomic mass is 16.5. The first-order valence-electron chi connectivity index (χ1n) is 12.2. The Morgan fingerprint density at radius 2 is 1.89 bits per heavy atom. The van der Waals surface area contributed by atoms with E-state index >= 15 is 0 Å². The highest BCUT2D eigenvalue weighted by molar-refractivity contribution is 5.79. The van der Waals surface area contributed by atoms with E-state index in [2.05, 4.69) is 34.2 Å². The molecule has 8 nitrogen and oxygen atoms in total. The zero-order valence-corrected chi connectivity index (χ0v) is 20.5. The van der Waals surface area contributed by atoms with Gasteiger partial charge in [0.1, 0.15) is 17.1 Å². The Bertz CT molecular complexity index is 1170. The molecule has 0 saturated carbocycles. The number of carbonyl (C=O) groups is 1. The van der Waals surface area contributed by atoms with Crippen LogP contribution in [0.4, 0.5) is 0 Å². The molecule has 3 aromatic rings. The molecular weight excluding hydrogens is 444 g/mol. The zero-order chi connectivity index (χ0) is 24.4. The standard InChI is InChI=1S/C27H32N4O4/c1-27(2)16-22(21-6-4-5-7-23(21)34-27)28-26(32)19-12-14-31(15-13-19)17-24-29-25(30-35-24)18-8-10-20(33-3)11-9-18/h4-11,19,22H,12-17H2,1-3H3,(H,28,32). The van der Waals surface area contributed by atoms with E-state index < -0.39 is 0 Å². The molecule has 0 spiro atoms. The van der Waals surface area contributed by atoms with Gasteiger partial charge in [-0.05, 0) is 70.1 Å². The van der Waals surface area contributed by atoms with Gasteiger partial charge in [0, 0.05) is 23.5 Å². The van der Waals surface area contributed by atoms with Crippen molar-refractivity contribution in [1.29, 1.82) is 0 Å². The molecule has 1 unspecified atom stereocenters. The van der Waals surface area contributed by atoms with Gasteiger partial charge in [0.15, 0.2) is 0 Å². The summed E-state index contributed by atoms with van der Waals surface area (Å²) in [6.07, 6.45) is 2.36. The molecule has 1 amide bonds. The molecule has 0 bridgehead atoms. The molecular formula is C27H32N4O4. The first-order valence-corrected chi connectivity index (χ1v) is 12.2. The first kappa shape index (κ1) is 23.4. The van der Waals surface area contributed by atoms with Gasteiger partial charge in [-0.3, -0.25) is 9.69 Å². The topological polar surface area (TPSA) is 89.7 Å². The van der Waals surface area contributed by atoms with Crippen LogP contribution in [-0.2, 0) is 11.3 Å². The number of likely N-dealkylation sites (tertiary alicyclic amines) is 1. The van der Waals surface area contributed by atoms with Crippen molar-refractivity contribution in [3.05, 3.63) is 60.0 Å². The van der Waals surface area contributed by atoms with E-state index in [1.165, 1.54) is 0 Å². The van der Waals surface area contributed by atoms with Crippen LogP contribution in [-0.4, -0.2) is 46.7 Å². The van der Waals surface area contributed by atoms with Crippen LogP contribution in [0.25, 0.3) is 11.4 Å². The SMILES string of the molecule is COc1ccc(-c2noc(CN3CCC(C(=O)NC4CC(C)(C)Oc5ccccc54)CC3)n2)cc1. The van der Waals surface area contributed by atoms with Crippen molar-refractivity contribution in [2.45, 2.75) is 51.3 Å². The number of rotatable bonds is 6. The number of nitrogens with one attached hydrogen (secondary N) is 1. The lowest BCUT2D eigenvalue weighted by Crippen LogP contribution is -2.45. The van der Waals surface area contributed by atoms with Gasteiger partial charge in [-0.15, -0.1) is 0 Å². The fourth-order valence-electron chi connectivity index (χ4n) is 4.94. The average molecular weight is 477 g/mol. The summed E-state index contributed by atoms with van der Waals surface area (Å²) < 4.78 is 16.8. The van der Waals surface area contributed by atoms with Gasteiger partial charge in [-0.1, -0.05) is 23.4 Å². The van der Waals surface area contributed by atoms with Crippen LogP contribution in [0.5, 0.6) is 11.5 Å². The van der Waals surface area contributed by atoms with Gasteiger partial charge >= 0.3 is 0 Å². The number of fused-ring (bicyclic) bond motifs is 1. The summed E-state index contributed by atoms with van der Waals surface area (Å²) in [6.45, 7) is 6.34. The second-order valence-electron chi connectivity index (χ2n) is 9.96. The van der Waals surface area contributed by atoms with Gasteiger partial charge in [0.05, 0.1) is 19.7 Å². The number of benzene rings is 2. The summed E-state index contributed by atoms with van der Waals surface area (Å²) in [4.78, 5) is 19.9. The second kappa shape index (κ2) is 9.70. The van der Waals surface area contributed by atoms with Crippen molar-refractivity contribution >= 4 is 5.91 Å². The highest BCUT2D eigenvalue weighted by Crippen LogP contribution is 2.39. The summed E-state index contributed by atoms with van der Waals surface area (Å²) in [6, 6.07) is 15.5. The summed E-state index contributed by atoms with van der Waals surface area (Å²) in [5, 5.41) is 7.43. The monoisotopic (exact) mass is 476 g/mol. The number of methoxy groups -OCH3 is 1. The fraction of sp³-hybridized carbons (Fsp3) is 0.444. The van der Waals surface area contributed by atoms with Crippen molar-refractivity contribution < 1.29 is 18.8 Å². The van der Waals surface area contributed by atoms with Gasteiger partial charge in [0.2, 0.25) is 17.6 Å². The van der Waals surface area contributed by atoms with E-state index in [-0.39, 0.29) is 23.5 Å². The molecule has 1 aromatic heterocycles. The molecule has 0 aliphatic carbocycles. The minimum absolute atomic E-state index is 0.00177. The van der Waals surface area contributed by atoms with Crippen LogP contribution >= 0.6 is 0 Å². The predicted molar refractivity (Wildman–Crippen MR) is 131 cm³/mol. The first-order chi connectivity index (χ1) is 16.9. The fourth-order valence-corrected chi connectivity index (χ4v) is 4.94. The van der Waals surface area contributed by atoms with Crippen LogP contribution in [0.3, 0.4) is 0 Å². The zero-order valence-electron chi connectivity index (χ0n) is 20.5. The Labute approximate surface area is 205 Å². The van der Waals surface area contributed by atoms with Gasteiger partial charge in [-0.2, -0.15) is 4.98 Å². The van der Waals surface area contributed by atoms with E-state index in [0.717, 1.165) is 55.0 Å². The van der Waals surface area contributed by atoms with Gasteiger partial charge in [-0.25, -0.2) is 0 Å². The number of ether oxygens (including phenoxy) is 2. The summed E-state index contributed by atoms with van der Waals surface area (Å²) >= 11 is 0. The van der Waals surface area contributed by atoms with E-state index in [1.807, 2.05) is 48.5 Å². The van der Waals surface area contributed by atoms with Crippen LogP contribution in [0.1, 0.15) is 50.6 Å². The number of aromatic nitrogens is 2. The largest absolute Gasteiger partial charge is 0.497 e. The van der Waals surface area contributed by atoms with Crippen molar-refractivity contribution in [2.75, 3.05) is 20.2 Å². The Hall–Kier alpha value is -3.39. The number of carbonyl (C=O) groups excluding carboxylic acids is 1. The number of piperidine rings is 1. The number of amides is 1. The van der Waals surface area contributed by atoms with Crippen LogP contribution < -0.4 is 14.8 Å². The third kappa shape index (κ3) is 5.32. The molecule has 2 aliphatic rings. The van der Waals surface area contributed by atoms with E-state index in [0.29, 0.717) is 18.3 Å². The maximum absolute atomic E-state index is 13.1. The summed E-state index contributed by atoms with van der Waals surface area (Å²) in [7, 11) is 1.64. The molecule has 1 atom stereocenters. The molecule has 8 heteroatoms. The van der Waals surface area contributed by atoms with E-state index in [9.17, 15) is 4.79 Å². The number of para-hydroxylation sites is 1. The Kier molecular flexibility index (Phi) is 6.47. The molecule has 184 valence electrons. The van der Waals surface area contributed by atoms with Crippen LogP contribution in [0.2, 0.25) is 0 Å². The second-order valence-corrected chi connectivity index (χ2v) is 9.96. The molecule has 0 radical (unpaired) electrons. The van der Waals surface area contributed by atoms with Crippen molar-refractivity contribution in [2.24, 2.45) is 5.92 Å². The summed E-state index contributed by atoms with van der Waals surface area (Å²) in [5.41, 5.74) is 1.63. The van der Waals surface area contributed by atoms with E-state index in [4.69, 9.17) is 14.0 Å². The normalized spacial score (nSPS) is 20.0. The molecule has 1 fully saturated rings. The number of nitrogens with zero attached hydrogens (tertiary/aromatic N) is 3. The third-order valence-corrected chi connectivity index (χ3v) is 6.83. The lowest BCUT2D eigenvalue weighted by atomic mass is 9.88. The molecule has 1 N–H and O–H groups in total. The van der Waals surface area contributed by atoms with Gasteiger partial charge in [0.25, 0.3) is 0 Å². The molecule has 1 saturated heterocycles. The third-order valence-electron chi connectivity index (χ3n) is 6.83. The molecule has 2 aromatic carbocycles. The summed E-state index contributed by atoms with van der Waals surface area (Å²) in [5.74, 6) is 2.92. The predicted octanol–water partition coefficient (Wildman–Crippen LogP) is 4.38. The average Bonchev–Trinajstić information content (AvgIpc) is 3.32. The van der Waals surface area contributed by atoms with Crippen LogP contribution in [0.15, 0.2) is 53.1 Å². The Morgan fingerprint density at radius 1 is 1.14 bits per heavy atom. The van der Waals surface area contributed by atoms with Crippen LogP contribution in [0, 0.1) is 5.92 Å².